The Hall–Kier alpha value is -1.85. The van der Waals surface area contributed by atoms with Gasteiger partial charge in [0.15, 0.2) is 5.65 Å². The molecule has 0 aliphatic heterocycles. The van der Waals surface area contributed by atoms with Crippen molar-refractivity contribution in [2.24, 2.45) is 5.41 Å². The lowest BCUT2D eigenvalue weighted by Crippen LogP contribution is -2.14. The molecule has 0 bridgehead atoms. The molecule has 6 heteroatoms. The second kappa shape index (κ2) is 4.68. The van der Waals surface area contributed by atoms with Crippen LogP contribution in [0.4, 0.5) is 11.8 Å². The zero-order valence-electron chi connectivity index (χ0n) is 11.5. The minimum Gasteiger partial charge on any atom is -0.369 e. The second-order valence-corrected chi connectivity index (χ2v) is 5.62. The summed E-state index contributed by atoms with van der Waals surface area (Å²) in [7, 11) is 0. The summed E-state index contributed by atoms with van der Waals surface area (Å²) in [5.41, 5.74) is 1.22. The summed E-state index contributed by atoms with van der Waals surface area (Å²) in [6, 6.07) is 0. The van der Waals surface area contributed by atoms with Crippen LogP contribution in [-0.2, 0) is 0 Å². The van der Waals surface area contributed by atoms with Gasteiger partial charge in [0.25, 0.3) is 0 Å². The normalized spacial score (nSPS) is 16.5. The number of anilines is 2. The highest BCUT2D eigenvalue weighted by Crippen LogP contribution is 2.44. The highest BCUT2D eigenvalue weighted by atomic mass is 15.2. The topological polar surface area (TPSA) is 78.5 Å². The molecule has 6 nitrogen and oxygen atoms in total. The zero-order chi connectivity index (χ0) is 13.3. The minimum atomic E-state index is 0.442. The molecule has 102 valence electrons. The Bertz CT molecular complexity index is 572. The van der Waals surface area contributed by atoms with Gasteiger partial charge in [-0.1, -0.05) is 13.8 Å². The molecular formula is C13H20N6. The third kappa shape index (κ3) is 2.62. The van der Waals surface area contributed by atoms with E-state index in [1.54, 1.807) is 6.20 Å². The van der Waals surface area contributed by atoms with Crippen LogP contribution in [0, 0.1) is 5.41 Å². The maximum atomic E-state index is 4.55. The summed E-state index contributed by atoms with van der Waals surface area (Å²) in [6.45, 7) is 6.24. The highest BCUT2D eigenvalue weighted by molar-refractivity contribution is 5.86. The smallest absolute Gasteiger partial charge is 0.226 e. The van der Waals surface area contributed by atoms with Crippen molar-refractivity contribution in [1.29, 1.82) is 0 Å². The Morgan fingerprint density at radius 1 is 1.32 bits per heavy atom. The quantitative estimate of drug-likeness (QED) is 0.743. The second-order valence-electron chi connectivity index (χ2n) is 5.62. The van der Waals surface area contributed by atoms with E-state index in [9.17, 15) is 0 Å². The third-order valence-electron chi connectivity index (χ3n) is 3.63. The maximum Gasteiger partial charge on any atom is 0.226 e. The van der Waals surface area contributed by atoms with Gasteiger partial charge in [-0.3, -0.25) is 5.10 Å². The number of H-pyrrole nitrogens is 1. The number of rotatable bonds is 6. The fraction of sp³-hybridized carbons (Fsp3) is 0.615. The molecule has 0 unspecified atom stereocenters. The summed E-state index contributed by atoms with van der Waals surface area (Å²) in [5, 5.41) is 14.6. The van der Waals surface area contributed by atoms with Crippen molar-refractivity contribution >= 4 is 22.8 Å². The van der Waals surface area contributed by atoms with Gasteiger partial charge in [0, 0.05) is 13.1 Å². The van der Waals surface area contributed by atoms with Crippen LogP contribution in [0.2, 0.25) is 0 Å². The van der Waals surface area contributed by atoms with Crippen LogP contribution in [0.15, 0.2) is 6.20 Å². The summed E-state index contributed by atoms with van der Waals surface area (Å²) in [6.07, 6.45) is 5.41. The third-order valence-corrected chi connectivity index (χ3v) is 3.63. The van der Waals surface area contributed by atoms with Gasteiger partial charge < -0.3 is 10.6 Å². The first-order valence-corrected chi connectivity index (χ1v) is 6.89. The van der Waals surface area contributed by atoms with E-state index >= 15 is 0 Å². The van der Waals surface area contributed by atoms with Crippen LogP contribution in [0.3, 0.4) is 0 Å². The summed E-state index contributed by atoms with van der Waals surface area (Å²) in [4.78, 5) is 8.96. The molecule has 0 amide bonds. The monoisotopic (exact) mass is 260 g/mol. The van der Waals surface area contributed by atoms with Gasteiger partial charge in [0.05, 0.1) is 11.6 Å². The first-order chi connectivity index (χ1) is 9.20. The number of nitrogens with one attached hydrogen (secondary N) is 3. The van der Waals surface area contributed by atoms with E-state index in [4.69, 9.17) is 0 Å². The molecule has 2 aromatic rings. The summed E-state index contributed by atoms with van der Waals surface area (Å²) < 4.78 is 0. The van der Waals surface area contributed by atoms with Crippen LogP contribution in [0.1, 0.15) is 33.1 Å². The van der Waals surface area contributed by atoms with E-state index in [1.165, 1.54) is 12.8 Å². The molecule has 2 heterocycles. The Kier molecular flexibility index (Phi) is 3.00. The number of aromatic amines is 1. The van der Waals surface area contributed by atoms with Gasteiger partial charge in [-0.05, 0) is 24.7 Å². The van der Waals surface area contributed by atoms with Crippen molar-refractivity contribution in [3.63, 3.8) is 0 Å². The van der Waals surface area contributed by atoms with Gasteiger partial charge in [-0.15, -0.1) is 0 Å². The molecule has 0 saturated heterocycles. The van der Waals surface area contributed by atoms with Gasteiger partial charge in [0.1, 0.15) is 5.82 Å². The number of nitrogens with zero attached hydrogens (tertiary/aromatic N) is 3. The Morgan fingerprint density at radius 2 is 2.16 bits per heavy atom. The van der Waals surface area contributed by atoms with E-state index in [1.807, 2.05) is 0 Å². The number of aromatic nitrogens is 4. The molecule has 3 N–H and O–H groups in total. The van der Waals surface area contributed by atoms with Crippen molar-refractivity contribution < 1.29 is 0 Å². The van der Waals surface area contributed by atoms with Crippen LogP contribution >= 0.6 is 0 Å². The Balaban J connectivity index is 1.84. The standard InChI is InChI=1S/C13H20N6/c1-3-6-14-12-17-10(15-8-13(2)4-5-13)9-7-16-19-11(9)18-12/h7H,3-6,8H2,1-2H3,(H3,14,15,16,17,18,19). The molecular weight excluding hydrogens is 240 g/mol. The molecule has 3 rings (SSSR count). The van der Waals surface area contributed by atoms with Crippen LogP contribution in [-0.4, -0.2) is 33.3 Å². The fourth-order valence-electron chi connectivity index (χ4n) is 1.97. The van der Waals surface area contributed by atoms with Crippen molar-refractivity contribution in [2.45, 2.75) is 33.1 Å². The molecule has 1 saturated carbocycles. The van der Waals surface area contributed by atoms with Crippen molar-refractivity contribution in [3.05, 3.63) is 6.20 Å². The summed E-state index contributed by atoms with van der Waals surface area (Å²) >= 11 is 0. The van der Waals surface area contributed by atoms with E-state index in [-0.39, 0.29) is 0 Å². The maximum absolute atomic E-state index is 4.55. The molecule has 0 aromatic carbocycles. The molecule has 19 heavy (non-hydrogen) atoms. The van der Waals surface area contributed by atoms with Gasteiger partial charge in [-0.25, -0.2) is 0 Å². The van der Waals surface area contributed by atoms with Crippen LogP contribution in [0.25, 0.3) is 11.0 Å². The van der Waals surface area contributed by atoms with Crippen molar-refractivity contribution in [2.75, 3.05) is 23.7 Å². The average molecular weight is 260 g/mol. The molecule has 2 aromatic heterocycles. The van der Waals surface area contributed by atoms with Crippen LogP contribution < -0.4 is 10.6 Å². The lowest BCUT2D eigenvalue weighted by Gasteiger charge is -2.12. The van der Waals surface area contributed by atoms with Gasteiger partial charge in [0.2, 0.25) is 5.95 Å². The molecule has 0 radical (unpaired) electrons. The van der Waals surface area contributed by atoms with Crippen molar-refractivity contribution in [3.8, 4) is 0 Å². The van der Waals surface area contributed by atoms with E-state index in [0.29, 0.717) is 11.4 Å². The predicted molar refractivity (Wildman–Crippen MR) is 76.3 cm³/mol. The largest absolute Gasteiger partial charge is 0.369 e. The molecule has 1 aliphatic rings. The van der Waals surface area contributed by atoms with Gasteiger partial charge >= 0.3 is 0 Å². The molecule has 0 atom stereocenters. The summed E-state index contributed by atoms with van der Waals surface area (Å²) in [5.74, 6) is 1.52. The Morgan fingerprint density at radius 3 is 2.89 bits per heavy atom. The number of hydrogen-bond acceptors (Lipinski definition) is 5. The minimum absolute atomic E-state index is 0.442. The SMILES string of the molecule is CCCNc1nc(NCC2(C)CC2)c2cn[nH]c2n1. The first-order valence-electron chi connectivity index (χ1n) is 6.89. The predicted octanol–water partition coefficient (Wildman–Crippen LogP) is 2.39. The molecule has 1 aliphatic carbocycles. The van der Waals surface area contributed by atoms with Crippen LogP contribution in [0.5, 0.6) is 0 Å². The lowest BCUT2D eigenvalue weighted by atomic mass is 10.1. The lowest BCUT2D eigenvalue weighted by molar-refractivity contribution is 0.610. The average Bonchev–Trinajstić information content (AvgIpc) is 2.96. The van der Waals surface area contributed by atoms with E-state index in [0.717, 1.165) is 36.4 Å². The zero-order valence-corrected chi connectivity index (χ0v) is 11.5. The molecule has 1 fully saturated rings. The highest BCUT2D eigenvalue weighted by Gasteiger charge is 2.37. The Labute approximate surface area is 112 Å². The van der Waals surface area contributed by atoms with Gasteiger partial charge in [-0.2, -0.15) is 15.1 Å². The fourth-order valence-corrected chi connectivity index (χ4v) is 1.97. The first kappa shape index (κ1) is 12.2. The van der Waals surface area contributed by atoms with E-state index in [2.05, 4.69) is 44.6 Å². The number of hydrogen-bond donors (Lipinski definition) is 3. The van der Waals surface area contributed by atoms with E-state index < -0.39 is 0 Å². The van der Waals surface area contributed by atoms with Crippen molar-refractivity contribution in [1.82, 2.24) is 20.2 Å². The molecule has 0 spiro atoms. The number of fused-ring (bicyclic) bond motifs is 1.